The first kappa shape index (κ1) is 14.6. The van der Waals surface area contributed by atoms with Crippen LogP contribution in [0.1, 0.15) is 39.0 Å². The summed E-state index contributed by atoms with van der Waals surface area (Å²) in [6, 6.07) is 0.979. The van der Waals surface area contributed by atoms with Gasteiger partial charge >= 0.3 is 0 Å². The van der Waals surface area contributed by atoms with Gasteiger partial charge in [0.05, 0.1) is 19.8 Å². The highest BCUT2D eigenvalue weighted by molar-refractivity contribution is 5.78. The predicted octanol–water partition coefficient (Wildman–Crippen LogP) is 0.944. The fourth-order valence-electron chi connectivity index (χ4n) is 2.87. The Morgan fingerprint density at radius 1 is 1.32 bits per heavy atom. The van der Waals surface area contributed by atoms with E-state index in [9.17, 15) is 0 Å². The third-order valence-corrected chi connectivity index (χ3v) is 4.15. The van der Waals surface area contributed by atoms with Crippen LogP contribution in [0.5, 0.6) is 0 Å². The molecule has 0 aromatic carbocycles. The third-order valence-electron chi connectivity index (χ3n) is 4.15. The van der Waals surface area contributed by atoms with Gasteiger partial charge in [0.15, 0.2) is 5.96 Å². The van der Waals surface area contributed by atoms with E-state index in [1.54, 1.807) is 0 Å². The number of morpholine rings is 1. The molecule has 1 aliphatic carbocycles. The Hall–Kier alpha value is -0.810. The summed E-state index contributed by atoms with van der Waals surface area (Å²) in [5, 5.41) is 3.36. The van der Waals surface area contributed by atoms with Crippen molar-refractivity contribution in [2.75, 3.05) is 32.8 Å². The Morgan fingerprint density at radius 2 is 2.00 bits per heavy atom. The molecule has 1 heterocycles. The summed E-state index contributed by atoms with van der Waals surface area (Å²) < 4.78 is 5.36. The van der Waals surface area contributed by atoms with Gasteiger partial charge in [0.25, 0.3) is 0 Å². The molecular weight excluding hydrogens is 240 g/mol. The number of nitrogens with two attached hydrogens (primary N) is 1. The second-order valence-corrected chi connectivity index (χ2v) is 5.70. The van der Waals surface area contributed by atoms with Crippen LogP contribution < -0.4 is 11.1 Å². The van der Waals surface area contributed by atoms with E-state index in [0.29, 0.717) is 18.0 Å². The number of nitrogens with zero attached hydrogens (tertiary/aromatic N) is 2. The van der Waals surface area contributed by atoms with Gasteiger partial charge < -0.3 is 15.8 Å². The smallest absolute Gasteiger partial charge is 0.188 e. The lowest BCUT2D eigenvalue weighted by Gasteiger charge is -2.31. The number of guanidine groups is 1. The molecule has 2 fully saturated rings. The fraction of sp³-hybridized carbons (Fsp3) is 0.929. The zero-order chi connectivity index (χ0) is 13.5. The van der Waals surface area contributed by atoms with Crippen molar-refractivity contribution in [1.82, 2.24) is 10.2 Å². The third kappa shape index (κ3) is 4.99. The van der Waals surface area contributed by atoms with Crippen LogP contribution in [0.2, 0.25) is 0 Å². The van der Waals surface area contributed by atoms with Gasteiger partial charge in [-0.25, -0.2) is 0 Å². The highest BCUT2D eigenvalue weighted by atomic mass is 16.5. The molecule has 0 aromatic rings. The summed E-state index contributed by atoms with van der Waals surface area (Å²) in [7, 11) is 0. The van der Waals surface area contributed by atoms with Crippen molar-refractivity contribution in [2.24, 2.45) is 10.7 Å². The van der Waals surface area contributed by atoms with Gasteiger partial charge in [0, 0.05) is 25.2 Å². The summed E-state index contributed by atoms with van der Waals surface area (Å²) in [5.41, 5.74) is 5.98. The normalized spacial score (nSPS) is 25.2. The SMILES string of the molecule is CC(CN=C(N)NC1CCCCC1)N1CCOCC1. The van der Waals surface area contributed by atoms with Gasteiger partial charge in [-0.15, -0.1) is 0 Å². The number of hydrogen-bond acceptors (Lipinski definition) is 3. The minimum atomic E-state index is 0.440. The van der Waals surface area contributed by atoms with Crippen LogP contribution in [-0.4, -0.2) is 55.8 Å². The van der Waals surface area contributed by atoms with E-state index in [1.807, 2.05) is 0 Å². The average Bonchev–Trinajstić information content (AvgIpc) is 2.47. The van der Waals surface area contributed by atoms with E-state index in [-0.39, 0.29) is 0 Å². The van der Waals surface area contributed by atoms with Crippen molar-refractivity contribution in [3.05, 3.63) is 0 Å². The topological polar surface area (TPSA) is 62.9 Å². The number of aliphatic imine (C=N–C) groups is 1. The van der Waals surface area contributed by atoms with Crippen LogP contribution in [-0.2, 0) is 4.74 Å². The van der Waals surface area contributed by atoms with Crippen LogP contribution in [0.25, 0.3) is 0 Å². The molecule has 0 spiro atoms. The lowest BCUT2D eigenvalue weighted by atomic mass is 9.96. The molecular formula is C14H28N4O. The largest absolute Gasteiger partial charge is 0.379 e. The first-order valence-electron chi connectivity index (χ1n) is 7.64. The Balaban J connectivity index is 1.70. The minimum absolute atomic E-state index is 0.440. The van der Waals surface area contributed by atoms with Gasteiger partial charge in [-0.2, -0.15) is 0 Å². The van der Waals surface area contributed by atoms with Crippen molar-refractivity contribution in [2.45, 2.75) is 51.1 Å². The van der Waals surface area contributed by atoms with Crippen LogP contribution >= 0.6 is 0 Å². The van der Waals surface area contributed by atoms with Gasteiger partial charge in [0.2, 0.25) is 0 Å². The van der Waals surface area contributed by atoms with Crippen molar-refractivity contribution >= 4 is 5.96 Å². The van der Waals surface area contributed by atoms with E-state index in [0.717, 1.165) is 32.8 Å². The monoisotopic (exact) mass is 268 g/mol. The molecule has 0 radical (unpaired) electrons. The van der Waals surface area contributed by atoms with E-state index in [1.165, 1.54) is 32.1 Å². The fourth-order valence-corrected chi connectivity index (χ4v) is 2.87. The highest BCUT2D eigenvalue weighted by Gasteiger charge is 2.17. The van der Waals surface area contributed by atoms with Crippen molar-refractivity contribution in [3.8, 4) is 0 Å². The summed E-state index contributed by atoms with van der Waals surface area (Å²) in [6.45, 7) is 6.67. The minimum Gasteiger partial charge on any atom is -0.379 e. The molecule has 0 amide bonds. The second-order valence-electron chi connectivity index (χ2n) is 5.70. The molecule has 3 N–H and O–H groups in total. The molecule has 5 heteroatoms. The standard InChI is InChI=1S/C14H28N4O/c1-12(18-7-9-19-10-8-18)11-16-14(15)17-13-5-3-2-4-6-13/h12-13H,2-11H2,1H3,(H3,15,16,17). The van der Waals surface area contributed by atoms with Gasteiger partial charge in [-0.1, -0.05) is 19.3 Å². The second kappa shape index (κ2) is 7.70. The van der Waals surface area contributed by atoms with Gasteiger partial charge in [0.1, 0.15) is 0 Å². The molecule has 2 rings (SSSR count). The zero-order valence-electron chi connectivity index (χ0n) is 12.1. The number of hydrogen-bond donors (Lipinski definition) is 2. The van der Waals surface area contributed by atoms with E-state index >= 15 is 0 Å². The van der Waals surface area contributed by atoms with E-state index < -0.39 is 0 Å². The zero-order valence-corrected chi connectivity index (χ0v) is 12.1. The molecule has 1 saturated heterocycles. The predicted molar refractivity (Wildman–Crippen MR) is 78.4 cm³/mol. The van der Waals surface area contributed by atoms with Gasteiger partial charge in [-0.3, -0.25) is 9.89 Å². The molecule has 0 bridgehead atoms. The highest BCUT2D eigenvalue weighted by Crippen LogP contribution is 2.17. The molecule has 5 nitrogen and oxygen atoms in total. The van der Waals surface area contributed by atoms with Crippen LogP contribution in [0.4, 0.5) is 0 Å². The Kier molecular flexibility index (Phi) is 5.92. The average molecular weight is 268 g/mol. The van der Waals surface area contributed by atoms with E-state index in [4.69, 9.17) is 10.5 Å². The van der Waals surface area contributed by atoms with Gasteiger partial charge in [-0.05, 0) is 19.8 Å². The number of rotatable bonds is 4. The maximum atomic E-state index is 5.98. The van der Waals surface area contributed by atoms with Crippen LogP contribution in [0.3, 0.4) is 0 Å². The Labute approximate surface area is 116 Å². The summed E-state index contributed by atoms with van der Waals surface area (Å²) in [6.07, 6.45) is 6.46. The Morgan fingerprint density at radius 3 is 2.68 bits per heavy atom. The summed E-state index contributed by atoms with van der Waals surface area (Å²) in [5.74, 6) is 0.618. The maximum Gasteiger partial charge on any atom is 0.188 e. The molecule has 1 saturated carbocycles. The lowest BCUT2D eigenvalue weighted by molar-refractivity contribution is 0.0220. The van der Waals surface area contributed by atoms with Crippen molar-refractivity contribution < 1.29 is 4.74 Å². The molecule has 0 aromatic heterocycles. The Bertz CT molecular complexity index is 283. The lowest BCUT2D eigenvalue weighted by Crippen LogP contribution is -2.45. The molecule has 1 aliphatic heterocycles. The molecule has 2 aliphatic rings. The first-order valence-corrected chi connectivity index (χ1v) is 7.64. The maximum absolute atomic E-state index is 5.98. The van der Waals surface area contributed by atoms with E-state index in [2.05, 4.69) is 22.1 Å². The van der Waals surface area contributed by atoms with Crippen LogP contribution in [0.15, 0.2) is 4.99 Å². The summed E-state index contributed by atoms with van der Waals surface area (Å²) >= 11 is 0. The number of nitrogens with one attached hydrogen (secondary N) is 1. The molecule has 19 heavy (non-hydrogen) atoms. The van der Waals surface area contributed by atoms with Crippen molar-refractivity contribution in [3.63, 3.8) is 0 Å². The molecule has 110 valence electrons. The molecule has 1 atom stereocenters. The van der Waals surface area contributed by atoms with Crippen molar-refractivity contribution in [1.29, 1.82) is 0 Å². The first-order chi connectivity index (χ1) is 9.25. The van der Waals surface area contributed by atoms with Crippen LogP contribution in [0, 0.1) is 0 Å². The quantitative estimate of drug-likeness (QED) is 0.588. The summed E-state index contributed by atoms with van der Waals surface area (Å²) in [4.78, 5) is 6.91. The number of ether oxygens (including phenoxy) is 1. The molecule has 1 unspecified atom stereocenters.